The molecular formula is C15H13N3O. The van der Waals surface area contributed by atoms with Crippen molar-refractivity contribution in [1.82, 2.24) is 4.98 Å². The fourth-order valence-electron chi connectivity index (χ4n) is 1.89. The molecule has 3 rings (SSSR count). The van der Waals surface area contributed by atoms with Gasteiger partial charge in [0.1, 0.15) is 5.75 Å². The van der Waals surface area contributed by atoms with Crippen molar-refractivity contribution in [3.8, 4) is 11.6 Å². The van der Waals surface area contributed by atoms with Gasteiger partial charge in [0.25, 0.3) is 0 Å². The van der Waals surface area contributed by atoms with Gasteiger partial charge in [-0.1, -0.05) is 6.07 Å². The number of pyridine rings is 1. The molecule has 1 heterocycles. The number of hydrogen-bond donors (Lipinski definition) is 2. The highest BCUT2D eigenvalue weighted by Gasteiger charge is 2.05. The summed E-state index contributed by atoms with van der Waals surface area (Å²) in [6, 6.07) is 14.8. The molecule has 0 unspecified atom stereocenters. The number of fused-ring (bicyclic) bond motifs is 1. The lowest BCUT2D eigenvalue weighted by atomic mass is 10.1. The van der Waals surface area contributed by atoms with Crippen LogP contribution in [-0.2, 0) is 0 Å². The fraction of sp³-hybridized carbons (Fsp3) is 0. The van der Waals surface area contributed by atoms with Crippen LogP contribution in [0, 0.1) is 0 Å². The predicted molar refractivity (Wildman–Crippen MR) is 77.1 cm³/mol. The number of aromatic nitrogens is 1. The predicted octanol–water partition coefficient (Wildman–Crippen LogP) is 3.19. The monoisotopic (exact) mass is 251 g/mol. The Morgan fingerprint density at radius 1 is 0.842 bits per heavy atom. The molecule has 0 amide bonds. The summed E-state index contributed by atoms with van der Waals surface area (Å²) < 4.78 is 5.78. The quantitative estimate of drug-likeness (QED) is 0.686. The molecule has 1 aromatic heterocycles. The van der Waals surface area contributed by atoms with E-state index in [2.05, 4.69) is 4.98 Å². The molecule has 4 N–H and O–H groups in total. The lowest BCUT2D eigenvalue weighted by Crippen LogP contribution is -1.91. The number of nitrogens with two attached hydrogens (primary N) is 2. The summed E-state index contributed by atoms with van der Waals surface area (Å²) in [6.45, 7) is 0. The first-order valence-electron chi connectivity index (χ1n) is 5.90. The second-order valence-electron chi connectivity index (χ2n) is 4.27. The number of ether oxygens (including phenoxy) is 1. The first-order valence-corrected chi connectivity index (χ1v) is 5.90. The van der Waals surface area contributed by atoms with Crippen molar-refractivity contribution in [1.29, 1.82) is 0 Å². The van der Waals surface area contributed by atoms with Gasteiger partial charge in [0.05, 0.1) is 0 Å². The van der Waals surface area contributed by atoms with E-state index in [1.54, 1.807) is 18.3 Å². The van der Waals surface area contributed by atoms with E-state index in [1.165, 1.54) is 0 Å². The number of nitrogens with zero attached hydrogens (tertiary/aromatic N) is 1. The van der Waals surface area contributed by atoms with Crippen molar-refractivity contribution in [3.63, 3.8) is 0 Å². The molecule has 4 nitrogen and oxygen atoms in total. The van der Waals surface area contributed by atoms with E-state index in [4.69, 9.17) is 16.2 Å². The Balaban J connectivity index is 2.05. The van der Waals surface area contributed by atoms with Gasteiger partial charge in [0, 0.05) is 23.0 Å². The van der Waals surface area contributed by atoms with Gasteiger partial charge in [-0.3, -0.25) is 0 Å². The van der Waals surface area contributed by atoms with Crippen LogP contribution in [-0.4, -0.2) is 4.98 Å². The Morgan fingerprint density at radius 3 is 2.37 bits per heavy atom. The van der Waals surface area contributed by atoms with Gasteiger partial charge in [-0.2, -0.15) is 0 Å². The third-order valence-corrected chi connectivity index (χ3v) is 2.85. The average molecular weight is 251 g/mol. The number of rotatable bonds is 2. The molecule has 0 saturated heterocycles. The molecule has 0 aliphatic rings. The second-order valence-corrected chi connectivity index (χ2v) is 4.27. The molecule has 0 fully saturated rings. The zero-order valence-corrected chi connectivity index (χ0v) is 10.2. The summed E-state index contributed by atoms with van der Waals surface area (Å²) in [6.07, 6.45) is 1.71. The minimum absolute atomic E-state index is 0.537. The van der Waals surface area contributed by atoms with E-state index in [0.29, 0.717) is 23.0 Å². The number of benzene rings is 2. The van der Waals surface area contributed by atoms with E-state index in [0.717, 1.165) is 10.8 Å². The van der Waals surface area contributed by atoms with Crippen LogP contribution in [0.25, 0.3) is 10.8 Å². The number of nitrogen functional groups attached to an aromatic ring is 2. The summed E-state index contributed by atoms with van der Waals surface area (Å²) >= 11 is 0. The van der Waals surface area contributed by atoms with Crippen molar-refractivity contribution in [2.45, 2.75) is 0 Å². The van der Waals surface area contributed by atoms with E-state index in [1.807, 2.05) is 36.4 Å². The smallest absolute Gasteiger partial charge is 0.227 e. The minimum Gasteiger partial charge on any atom is -0.438 e. The van der Waals surface area contributed by atoms with Crippen LogP contribution in [0.5, 0.6) is 11.6 Å². The third-order valence-electron chi connectivity index (χ3n) is 2.85. The molecule has 0 bridgehead atoms. The number of anilines is 2. The summed E-state index contributed by atoms with van der Waals surface area (Å²) in [5.74, 6) is 1.23. The van der Waals surface area contributed by atoms with Crippen LogP contribution < -0.4 is 16.2 Å². The Morgan fingerprint density at radius 2 is 1.58 bits per heavy atom. The standard InChI is InChI=1S/C15H13N3O/c16-11-3-5-13(6-4-11)19-15-14-9-12(17)2-1-10(14)7-8-18-15/h1-9H,16-17H2. The highest BCUT2D eigenvalue weighted by atomic mass is 16.5. The Bertz CT molecular complexity index is 723. The van der Waals surface area contributed by atoms with Crippen molar-refractivity contribution in [2.24, 2.45) is 0 Å². The second kappa shape index (κ2) is 4.49. The van der Waals surface area contributed by atoms with E-state index in [9.17, 15) is 0 Å². The topological polar surface area (TPSA) is 74.2 Å². The zero-order valence-electron chi connectivity index (χ0n) is 10.2. The van der Waals surface area contributed by atoms with Crippen LogP contribution in [0.4, 0.5) is 11.4 Å². The van der Waals surface area contributed by atoms with E-state index >= 15 is 0 Å². The SMILES string of the molecule is Nc1ccc(Oc2nccc3ccc(N)cc23)cc1. The van der Waals surface area contributed by atoms with Gasteiger partial charge in [-0.05, 0) is 47.9 Å². The lowest BCUT2D eigenvalue weighted by molar-refractivity contribution is 0.469. The van der Waals surface area contributed by atoms with Crippen LogP contribution in [0.1, 0.15) is 0 Å². The van der Waals surface area contributed by atoms with Gasteiger partial charge in [0.15, 0.2) is 0 Å². The molecule has 0 spiro atoms. The normalized spacial score (nSPS) is 10.5. The highest BCUT2D eigenvalue weighted by Crippen LogP contribution is 2.29. The molecule has 19 heavy (non-hydrogen) atoms. The molecule has 2 aromatic carbocycles. The Labute approximate surface area is 110 Å². The maximum atomic E-state index is 5.81. The molecule has 0 saturated carbocycles. The van der Waals surface area contributed by atoms with Gasteiger partial charge in [-0.25, -0.2) is 4.98 Å². The van der Waals surface area contributed by atoms with E-state index < -0.39 is 0 Å². The molecule has 4 heteroatoms. The average Bonchev–Trinajstić information content (AvgIpc) is 2.42. The van der Waals surface area contributed by atoms with Crippen LogP contribution in [0.3, 0.4) is 0 Å². The van der Waals surface area contributed by atoms with Gasteiger partial charge < -0.3 is 16.2 Å². The van der Waals surface area contributed by atoms with Crippen LogP contribution >= 0.6 is 0 Å². The largest absolute Gasteiger partial charge is 0.438 e. The van der Waals surface area contributed by atoms with Crippen molar-refractivity contribution >= 4 is 22.1 Å². The summed E-state index contributed by atoms with van der Waals surface area (Å²) in [5.41, 5.74) is 12.8. The van der Waals surface area contributed by atoms with Crippen molar-refractivity contribution in [3.05, 3.63) is 54.7 Å². The maximum absolute atomic E-state index is 5.81. The molecule has 3 aromatic rings. The fourth-order valence-corrected chi connectivity index (χ4v) is 1.89. The number of hydrogen-bond acceptors (Lipinski definition) is 4. The summed E-state index contributed by atoms with van der Waals surface area (Å²) in [7, 11) is 0. The molecule has 94 valence electrons. The third kappa shape index (κ3) is 2.28. The summed E-state index contributed by atoms with van der Waals surface area (Å²) in [4.78, 5) is 4.26. The van der Waals surface area contributed by atoms with Crippen LogP contribution in [0.2, 0.25) is 0 Å². The van der Waals surface area contributed by atoms with Gasteiger partial charge in [0.2, 0.25) is 5.88 Å². The first-order chi connectivity index (χ1) is 9.22. The molecule has 0 aliphatic carbocycles. The molecular weight excluding hydrogens is 238 g/mol. The first kappa shape index (κ1) is 11.3. The zero-order chi connectivity index (χ0) is 13.2. The summed E-state index contributed by atoms with van der Waals surface area (Å²) in [5, 5.41) is 1.92. The van der Waals surface area contributed by atoms with Gasteiger partial charge >= 0.3 is 0 Å². The van der Waals surface area contributed by atoms with Crippen LogP contribution in [0.15, 0.2) is 54.7 Å². The van der Waals surface area contributed by atoms with E-state index in [-0.39, 0.29) is 0 Å². The Kier molecular flexibility index (Phi) is 2.68. The molecule has 0 atom stereocenters. The van der Waals surface area contributed by atoms with Crippen molar-refractivity contribution in [2.75, 3.05) is 11.5 Å². The maximum Gasteiger partial charge on any atom is 0.227 e. The lowest BCUT2D eigenvalue weighted by Gasteiger charge is -2.08. The highest BCUT2D eigenvalue weighted by molar-refractivity contribution is 5.89. The Hall–Kier alpha value is -2.75. The minimum atomic E-state index is 0.537. The van der Waals surface area contributed by atoms with Crippen molar-refractivity contribution < 1.29 is 4.74 Å². The van der Waals surface area contributed by atoms with Gasteiger partial charge in [-0.15, -0.1) is 0 Å². The molecule has 0 radical (unpaired) electrons. The molecule has 0 aliphatic heterocycles.